The first-order valence-corrected chi connectivity index (χ1v) is 8.75. The van der Waals surface area contributed by atoms with E-state index in [4.69, 9.17) is 4.74 Å². The Balaban J connectivity index is 4.76. The molecule has 0 saturated heterocycles. The second-order valence-electron chi connectivity index (χ2n) is 8.20. The number of hydrogen-bond donors (Lipinski definition) is 0. The zero-order chi connectivity index (χ0) is 16.7. The molecule has 0 aliphatic carbocycles. The Kier molecular flexibility index (Phi) is 8.58. The predicted molar refractivity (Wildman–Crippen MR) is 91.3 cm³/mol. The van der Waals surface area contributed by atoms with Crippen LogP contribution in [0.3, 0.4) is 0 Å². The molecule has 0 aliphatic rings. The molecule has 0 radical (unpaired) electrons. The topological polar surface area (TPSA) is 26.3 Å². The van der Waals surface area contributed by atoms with Crippen molar-refractivity contribution in [3.05, 3.63) is 0 Å². The quantitative estimate of drug-likeness (QED) is 0.499. The van der Waals surface area contributed by atoms with Gasteiger partial charge in [-0.25, -0.2) is 0 Å². The molecule has 0 aromatic heterocycles. The van der Waals surface area contributed by atoms with Crippen LogP contribution in [0, 0.1) is 22.7 Å². The average Bonchev–Trinajstić information content (AvgIpc) is 2.36. The van der Waals surface area contributed by atoms with Crippen LogP contribution in [0.15, 0.2) is 0 Å². The van der Waals surface area contributed by atoms with Gasteiger partial charge >= 0.3 is 5.97 Å². The zero-order valence-electron chi connectivity index (χ0n) is 15.7. The summed E-state index contributed by atoms with van der Waals surface area (Å²) >= 11 is 0. The molecule has 0 heterocycles. The maximum Gasteiger partial charge on any atom is 0.312 e. The molecule has 0 fully saturated rings. The maximum atomic E-state index is 12.7. The van der Waals surface area contributed by atoms with Gasteiger partial charge in [-0.3, -0.25) is 4.79 Å². The van der Waals surface area contributed by atoms with E-state index in [0.29, 0.717) is 18.4 Å². The molecular formula is C19H38O2. The molecule has 2 nitrogen and oxygen atoms in total. The SMILES string of the molecule is CCCCC(CC)COC(=O)C(C)(CC(C)C)C(C)(C)C. The van der Waals surface area contributed by atoms with Crippen molar-refractivity contribution in [1.29, 1.82) is 0 Å². The van der Waals surface area contributed by atoms with Crippen LogP contribution in [0.1, 0.15) is 87.5 Å². The molecule has 0 aromatic carbocycles. The van der Waals surface area contributed by atoms with Crippen molar-refractivity contribution in [1.82, 2.24) is 0 Å². The molecule has 0 bridgehead atoms. The van der Waals surface area contributed by atoms with E-state index in [9.17, 15) is 4.79 Å². The summed E-state index contributed by atoms with van der Waals surface area (Å²) in [5, 5.41) is 0. The minimum atomic E-state index is -0.412. The fourth-order valence-corrected chi connectivity index (χ4v) is 2.76. The van der Waals surface area contributed by atoms with Crippen LogP contribution in [-0.2, 0) is 9.53 Å². The summed E-state index contributed by atoms with van der Waals surface area (Å²) in [6.07, 6.45) is 5.55. The van der Waals surface area contributed by atoms with Gasteiger partial charge in [-0.2, -0.15) is 0 Å². The molecule has 0 spiro atoms. The molecule has 2 heteroatoms. The normalized spacial score (nSPS) is 16.6. The fourth-order valence-electron chi connectivity index (χ4n) is 2.76. The molecule has 21 heavy (non-hydrogen) atoms. The van der Waals surface area contributed by atoms with E-state index in [1.165, 1.54) is 12.8 Å². The molecular weight excluding hydrogens is 260 g/mol. The van der Waals surface area contributed by atoms with Gasteiger partial charge in [0.1, 0.15) is 0 Å². The van der Waals surface area contributed by atoms with Crippen LogP contribution in [0.4, 0.5) is 0 Å². The van der Waals surface area contributed by atoms with Crippen molar-refractivity contribution in [3.63, 3.8) is 0 Å². The first-order valence-electron chi connectivity index (χ1n) is 8.75. The molecule has 0 N–H and O–H groups in total. The number of esters is 1. The summed E-state index contributed by atoms with van der Waals surface area (Å²) in [7, 11) is 0. The molecule has 126 valence electrons. The molecule has 0 aliphatic heterocycles. The largest absolute Gasteiger partial charge is 0.465 e. The number of rotatable bonds is 9. The van der Waals surface area contributed by atoms with Crippen LogP contribution < -0.4 is 0 Å². The Morgan fingerprint density at radius 2 is 1.67 bits per heavy atom. The van der Waals surface area contributed by atoms with Gasteiger partial charge in [-0.15, -0.1) is 0 Å². The van der Waals surface area contributed by atoms with Gasteiger partial charge in [0.15, 0.2) is 0 Å². The summed E-state index contributed by atoms with van der Waals surface area (Å²) in [6.45, 7) is 17.8. The number of hydrogen-bond acceptors (Lipinski definition) is 2. The van der Waals surface area contributed by atoms with E-state index in [1.807, 2.05) is 0 Å². The summed E-state index contributed by atoms with van der Waals surface area (Å²) in [4.78, 5) is 12.7. The number of unbranched alkanes of at least 4 members (excludes halogenated alkanes) is 1. The monoisotopic (exact) mass is 298 g/mol. The van der Waals surface area contributed by atoms with Crippen LogP contribution in [-0.4, -0.2) is 12.6 Å². The number of ether oxygens (including phenoxy) is 1. The Bertz CT molecular complexity index is 301. The summed E-state index contributed by atoms with van der Waals surface area (Å²) in [5.41, 5.74) is -0.496. The van der Waals surface area contributed by atoms with E-state index in [1.54, 1.807) is 0 Å². The van der Waals surface area contributed by atoms with Gasteiger partial charge in [0.25, 0.3) is 0 Å². The molecule has 0 rings (SSSR count). The highest BCUT2D eigenvalue weighted by atomic mass is 16.5. The molecule has 0 amide bonds. The van der Waals surface area contributed by atoms with E-state index in [2.05, 4.69) is 55.4 Å². The Morgan fingerprint density at radius 3 is 2.05 bits per heavy atom. The standard InChI is InChI=1S/C19H38O2/c1-9-11-12-16(10-2)14-21-17(20)19(8,13-15(3)4)18(5,6)7/h15-16H,9-14H2,1-8H3. The van der Waals surface area contributed by atoms with Crippen molar-refractivity contribution in [2.24, 2.45) is 22.7 Å². The Labute approximate surface area is 133 Å². The minimum Gasteiger partial charge on any atom is -0.465 e. The van der Waals surface area contributed by atoms with Crippen molar-refractivity contribution in [3.8, 4) is 0 Å². The van der Waals surface area contributed by atoms with E-state index >= 15 is 0 Å². The molecule has 0 saturated carbocycles. The van der Waals surface area contributed by atoms with Gasteiger partial charge in [-0.1, -0.05) is 67.7 Å². The highest BCUT2D eigenvalue weighted by Crippen LogP contribution is 2.44. The lowest BCUT2D eigenvalue weighted by Crippen LogP contribution is -2.43. The van der Waals surface area contributed by atoms with Crippen molar-refractivity contribution >= 4 is 5.97 Å². The fraction of sp³-hybridized carbons (Fsp3) is 0.947. The average molecular weight is 299 g/mol. The van der Waals surface area contributed by atoms with Gasteiger partial charge in [0.05, 0.1) is 12.0 Å². The Morgan fingerprint density at radius 1 is 1.10 bits per heavy atom. The lowest BCUT2D eigenvalue weighted by atomic mass is 9.64. The first-order chi connectivity index (χ1) is 9.58. The number of carbonyl (C=O) groups excluding carboxylic acids is 1. The molecule has 2 unspecified atom stereocenters. The molecule has 0 aromatic rings. The summed E-state index contributed by atoms with van der Waals surface area (Å²) in [5.74, 6) is 0.986. The molecule has 2 atom stereocenters. The third-order valence-corrected chi connectivity index (χ3v) is 4.92. The van der Waals surface area contributed by atoms with Crippen LogP contribution >= 0.6 is 0 Å². The highest BCUT2D eigenvalue weighted by molar-refractivity contribution is 5.77. The predicted octanol–water partition coefficient (Wildman–Crippen LogP) is 5.84. The minimum absolute atomic E-state index is 0.0151. The Hall–Kier alpha value is -0.530. The summed E-state index contributed by atoms with van der Waals surface area (Å²) < 4.78 is 5.75. The smallest absolute Gasteiger partial charge is 0.312 e. The lowest BCUT2D eigenvalue weighted by Gasteiger charge is -2.41. The second-order valence-corrected chi connectivity index (χ2v) is 8.20. The zero-order valence-corrected chi connectivity index (χ0v) is 15.7. The van der Waals surface area contributed by atoms with Crippen molar-refractivity contribution < 1.29 is 9.53 Å². The van der Waals surface area contributed by atoms with Gasteiger partial charge in [0.2, 0.25) is 0 Å². The maximum absolute atomic E-state index is 12.7. The second kappa shape index (κ2) is 8.80. The van der Waals surface area contributed by atoms with Crippen LogP contribution in [0.2, 0.25) is 0 Å². The third kappa shape index (κ3) is 6.40. The summed E-state index contributed by atoms with van der Waals surface area (Å²) in [6, 6.07) is 0. The lowest BCUT2D eigenvalue weighted by molar-refractivity contribution is -0.165. The van der Waals surface area contributed by atoms with Crippen LogP contribution in [0.5, 0.6) is 0 Å². The number of carbonyl (C=O) groups is 1. The van der Waals surface area contributed by atoms with Gasteiger partial charge in [0, 0.05) is 0 Å². The third-order valence-electron chi connectivity index (χ3n) is 4.92. The van der Waals surface area contributed by atoms with Gasteiger partial charge < -0.3 is 4.74 Å². The van der Waals surface area contributed by atoms with E-state index < -0.39 is 5.41 Å². The van der Waals surface area contributed by atoms with Crippen LogP contribution in [0.25, 0.3) is 0 Å². The highest BCUT2D eigenvalue weighted by Gasteiger charge is 2.45. The van der Waals surface area contributed by atoms with E-state index in [0.717, 1.165) is 19.3 Å². The first kappa shape index (κ1) is 20.5. The van der Waals surface area contributed by atoms with E-state index in [-0.39, 0.29) is 11.4 Å². The van der Waals surface area contributed by atoms with Gasteiger partial charge in [-0.05, 0) is 37.0 Å². The van der Waals surface area contributed by atoms with Crippen molar-refractivity contribution in [2.45, 2.75) is 87.5 Å². The van der Waals surface area contributed by atoms with Crippen molar-refractivity contribution in [2.75, 3.05) is 6.61 Å².